The molecule has 0 aromatic heterocycles. The summed E-state index contributed by atoms with van der Waals surface area (Å²) < 4.78 is 30.2. The maximum Gasteiger partial charge on any atom is 0.287 e. The van der Waals surface area contributed by atoms with Gasteiger partial charge in [0.1, 0.15) is 0 Å². The first-order valence-corrected chi connectivity index (χ1v) is 5.87. The van der Waals surface area contributed by atoms with Gasteiger partial charge in [0.2, 0.25) is 0 Å². The zero-order valence-corrected chi connectivity index (χ0v) is 8.94. The summed E-state index contributed by atoms with van der Waals surface area (Å²) in [6.45, 7) is 3.54. The summed E-state index contributed by atoms with van der Waals surface area (Å²) >= 11 is 0. The van der Waals surface area contributed by atoms with Crippen LogP contribution >= 0.6 is 0 Å². The molecule has 0 aliphatic rings. The Morgan fingerprint density at radius 1 is 1.33 bits per heavy atom. The van der Waals surface area contributed by atoms with E-state index in [-0.39, 0.29) is 0 Å². The van der Waals surface area contributed by atoms with Crippen LogP contribution in [-0.2, 0) is 10.1 Å². The molecule has 0 aliphatic heterocycles. The van der Waals surface area contributed by atoms with Crippen molar-refractivity contribution in [3.8, 4) is 0 Å². The zero-order valence-electron chi connectivity index (χ0n) is 8.13. The topological polar surface area (TPSA) is 54.4 Å². The molecule has 0 radical (unpaired) electrons. The molecule has 0 saturated heterocycles. The highest BCUT2D eigenvalue weighted by atomic mass is 32.2. The predicted octanol–water partition coefficient (Wildman–Crippen LogP) is 2.49. The van der Waals surface area contributed by atoms with Gasteiger partial charge in [-0.2, -0.15) is 8.42 Å². The van der Waals surface area contributed by atoms with Gasteiger partial charge in [-0.3, -0.25) is 4.55 Å². The minimum atomic E-state index is -4.10. The Hall–Kier alpha value is -1.39. The molecule has 15 heavy (non-hydrogen) atoms. The summed E-state index contributed by atoms with van der Waals surface area (Å²) in [6.07, 6.45) is 1.98. The monoisotopic (exact) mass is 224 g/mol. The van der Waals surface area contributed by atoms with Crippen LogP contribution in [0.4, 0.5) is 0 Å². The molecule has 0 amide bonds. The second-order valence-electron chi connectivity index (χ2n) is 3.02. The van der Waals surface area contributed by atoms with Gasteiger partial charge in [-0.05, 0) is 17.6 Å². The van der Waals surface area contributed by atoms with Gasteiger partial charge in [-0.25, -0.2) is 0 Å². The molecule has 80 valence electrons. The first-order chi connectivity index (χ1) is 7.03. The molecule has 0 fully saturated rings. The highest BCUT2D eigenvalue weighted by molar-refractivity contribution is 7.89. The lowest BCUT2D eigenvalue weighted by Crippen LogP contribution is -1.93. The zero-order chi connectivity index (χ0) is 11.3. The van der Waals surface area contributed by atoms with Crippen LogP contribution < -0.4 is 0 Å². The van der Waals surface area contributed by atoms with Gasteiger partial charge >= 0.3 is 0 Å². The Morgan fingerprint density at radius 2 is 1.93 bits per heavy atom. The molecule has 1 aromatic rings. The molecule has 0 heterocycles. The summed E-state index contributed by atoms with van der Waals surface area (Å²) in [5.41, 5.74) is 1.28. The van der Waals surface area contributed by atoms with Crippen LogP contribution in [0.2, 0.25) is 0 Å². The number of benzene rings is 1. The van der Waals surface area contributed by atoms with Crippen molar-refractivity contribution in [2.75, 3.05) is 0 Å². The van der Waals surface area contributed by atoms with Crippen LogP contribution in [0.25, 0.3) is 5.57 Å². The fraction of sp³-hybridized carbons (Fsp3) is 0.0909. The van der Waals surface area contributed by atoms with Crippen molar-refractivity contribution in [3.05, 3.63) is 54.0 Å². The number of allylic oxidation sites excluding steroid dienone is 2. The van der Waals surface area contributed by atoms with Crippen molar-refractivity contribution in [1.29, 1.82) is 0 Å². The molecule has 0 aliphatic carbocycles. The van der Waals surface area contributed by atoms with Crippen molar-refractivity contribution in [1.82, 2.24) is 0 Å². The Kier molecular flexibility index (Phi) is 3.82. The normalized spacial score (nSPS) is 12.5. The standard InChI is InChI=1S/C11H12O3S/c1-2-6-11(9-15(12,13)14)10-7-4-3-5-8-10/h2-5,7-9H,1,6H2,(H,12,13,14). The average Bonchev–Trinajstić information content (AvgIpc) is 2.17. The van der Waals surface area contributed by atoms with Crippen LogP contribution in [0, 0.1) is 0 Å². The predicted molar refractivity (Wildman–Crippen MR) is 60.8 cm³/mol. The van der Waals surface area contributed by atoms with Crippen molar-refractivity contribution < 1.29 is 13.0 Å². The van der Waals surface area contributed by atoms with Gasteiger partial charge in [0, 0.05) is 0 Å². The van der Waals surface area contributed by atoms with E-state index in [0.29, 0.717) is 12.0 Å². The third kappa shape index (κ3) is 4.10. The van der Waals surface area contributed by atoms with Crippen LogP contribution in [0.3, 0.4) is 0 Å². The Balaban J connectivity index is 3.15. The van der Waals surface area contributed by atoms with Crippen LogP contribution in [0.1, 0.15) is 12.0 Å². The second-order valence-corrected chi connectivity index (χ2v) is 4.28. The highest BCUT2D eigenvalue weighted by Gasteiger charge is 2.05. The van der Waals surface area contributed by atoms with E-state index in [2.05, 4.69) is 6.58 Å². The third-order valence-electron chi connectivity index (χ3n) is 1.80. The van der Waals surface area contributed by atoms with Crippen LogP contribution in [0.15, 0.2) is 48.4 Å². The van der Waals surface area contributed by atoms with Crippen molar-refractivity contribution in [3.63, 3.8) is 0 Å². The largest absolute Gasteiger partial charge is 0.287 e. The minimum Gasteiger partial charge on any atom is -0.282 e. The van der Waals surface area contributed by atoms with Crippen molar-refractivity contribution in [2.45, 2.75) is 6.42 Å². The van der Waals surface area contributed by atoms with Gasteiger partial charge in [-0.1, -0.05) is 36.4 Å². The quantitative estimate of drug-likeness (QED) is 0.631. The molecule has 1 aromatic carbocycles. The summed E-state index contributed by atoms with van der Waals surface area (Å²) in [6, 6.07) is 9.00. The van der Waals surface area contributed by atoms with Crippen molar-refractivity contribution >= 4 is 15.7 Å². The van der Waals surface area contributed by atoms with Gasteiger partial charge in [0.25, 0.3) is 10.1 Å². The van der Waals surface area contributed by atoms with Gasteiger partial charge in [0.15, 0.2) is 0 Å². The smallest absolute Gasteiger partial charge is 0.282 e. The van der Waals surface area contributed by atoms with E-state index in [1.165, 1.54) is 0 Å². The summed E-state index contributed by atoms with van der Waals surface area (Å²) in [7, 11) is -4.10. The fourth-order valence-electron chi connectivity index (χ4n) is 1.22. The highest BCUT2D eigenvalue weighted by Crippen LogP contribution is 2.19. The number of hydrogen-bond acceptors (Lipinski definition) is 2. The molecule has 3 nitrogen and oxygen atoms in total. The fourth-order valence-corrected chi connectivity index (χ4v) is 1.81. The Labute approximate surface area is 89.5 Å². The van der Waals surface area contributed by atoms with Crippen LogP contribution in [-0.4, -0.2) is 13.0 Å². The van der Waals surface area contributed by atoms with E-state index in [4.69, 9.17) is 4.55 Å². The molecular formula is C11H12O3S. The molecule has 0 spiro atoms. The summed E-state index contributed by atoms with van der Waals surface area (Å²) in [4.78, 5) is 0. The minimum absolute atomic E-state index is 0.393. The first kappa shape index (κ1) is 11.7. The maximum atomic E-state index is 10.7. The second kappa shape index (κ2) is 4.91. The molecule has 0 bridgehead atoms. The lowest BCUT2D eigenvalue weighted by molar-refractivity contribution is 0.494. The Bertz CT molecular complexity index is 458. The maximum absolute atomic E-state index is 10.7. The first-order valence-electron chi connectivity index (χ1n) is 4.37. The molecule has 0 unspecified atom stereocenters. The lowest BCUT2D eigenvalue weighted by atomic mass is 10.1. The Morgan fingerprint density at radius 3 is 2.40 bits per heavy atom. The van der Waals surface area contributed by atoms with E-state index in [1.807, 2.05) is 6.07 Å². The molecule has 0 atom stereocenters. The number of rotatable bonds is 4. The van der Waals surface area contributed by atoms with Gasteiger partial charge < -0.3 is 0 Å². The SMILES string of the molecule is C=CCC(=CS(=O)(=O)O)c1ccccc1. The molecule has 4 heteroatoms. The van der Waals surface area contributed by atoms with Gasteiger partial charge in [-0.15, -0.1) is 6.58 Å². The summed E-state index contributed by atoms with van der Waals surface area (Å²) in [5.74, 6) is 0. The van der Waals surface area contributed by atoms with E-state index >= 15 is 0 Å². The molecule has 1 N–H and O–H groups in total. The third-order valence-corrected chi connectivity index (χ3v) is 2.38. The van der Waals surface area contributed by atoms with E-state index in [0.717, 1.165) is 11.0 Å². The van der Waals surface area contributed by atoms with Crippen LogP contribution in [0.5, 0.6) is 0 Å². The lowest BCUT2D eigenvalue weighted by Gasteiger charge is -2.03. The molecule has 1 rings (SSSR count). The summed E-state index contributed by atoms with van der Waals surface area (Å²) in [5, 5.41) is 0.851. The molecule has 0 saturated carbocycles. The van der Waals surface area contributed by atoms with Gasteiger partial charge in [0.05, 0.1) is 5.41 Å². The van der Waals surface area contributed by atoms with Crippen molar-refractivity contribution in [2.24, 2.45) is 0 Å². The van der Waals surface area contributed by atoms with E-state index in [1.54, 1.807) is 30.3 Å². The van der Waals surface area contributed by atoms with E-state index < -0.39 is 10.1 Å². The molecular weight excluding hydrogens is 212 g/mol. The average molecular weight is 224 g/mol. The number of hydrogen-bond donors (Lipinski definition) is 1. The van der Waals surface area contributed by atoms with E-state index in [9.17, 15) is 8.42 Å².